The van der Waals surface area contributed by atoms with Crippen LogP contribution in [-0.2, 0) is 12.8 Å². The van der Waals surface area contributed by atoms with Crippen LogP contribution in [0.5, 0.6) is 0 Å². The first-order valence-corrected chi connectivity index (χ1v) is 6.11. The Balaban J connectivity index is 2.55. The Labute approximate surface area is 98.5 Å². The second-order valence-electron chi connectivity index (χ2n) is 3.55. The fraction of sp³-hybridized carbons (Fsp3) is 0.500. The van der Waals surface area contributed by atoms with Crippen molar-refractivity contribution in [1.82, 2.24) is 19.1 Å². The first-order valence-electron chi connectivity index (χ1n) is 5.34. The van der Waals surface area contributed by atoms with Gasteiger partial charge in [0.15, 0.2) is 0 Å². The SMILES string of the molecule is CCc1nn(-c2nc(C)ns2)c(CC)c1N. The van der Waals surface area contributed by atoms with E-state index in [-0.39, 0.29) is 0 Å². The number of aryl methyl sites for hydroxylation is 2. The quantitative estimate of drug-likeness (QED) is 0.882. The van der Waals surface area contributed by atoms with Gasteiger partial charge in [-0.25, -0.2) is 9.67 Å². The summed E-state index contributed by atoms with van der Waals surface area (Å²) >= 11 is 1.35. The molecule has 0 bridgehead atoms. The van der Waals surface area contributed by atoms with E-state index in [2.05, 4.69) is 21.4 Å². The van der Waals surface area contributed by atoms with Crippen molar-refractivity contribution >= 4 is 17.2 Å². The number of hydrogen-bond donors (Lipinski definition) is 1. The van der Waals surface area contributed by atoms with Crippen molar-refractivity contribution in [3.05, 3.63) is 17.2 Å². The molecule has 2 heterocycles. The number of aromatic nitrogens is 4. The highest BCUT2D eigenvalue weighted by atomic mass is 32.1. The van der Waals surface area contributed by atoms with Crippen LogP contribution in [0, 0.1) is 6.92 Å². The number of hydrogen-bond acceptors (Lipinski definition) is 5. The van der Waals surface area contributed by atoms with Crippen LogP contribution < -0.4 is 5.73 Å². The van der Waals surface area contributed by atoms with Crippen molar-refractivity contribution in [1.29, 1.82) is 0 Å². The second-order valence-corrected chi connectivity index (χ2v) is 4.28. The van der Waals surface area contributed by atoms with E-state index < -0.39 is 0 Å². The fourth-order valence-electron chi connectivity index (χ4n) is 1.65. The molecule has 0 fully saturated rings. The van der Waals surface area contributed by atoms with E-state index in [0.717, 1.165) is 40.9 Å². The summed E-state index contributed by atoms with van der Waals surface area (Å²) in [6.07, 6.45) is 1.68. The Hall–Kier alpha value is -1.43. The molecule has 2 rings (SSSR count). The summed E-state index contributed by atoms with van der Waals surface area (Å²) in [6, 6.07) is 0. The van der Waals surface area contributed by atoms with Gasteiger partial charge in [-0.15, -0.1) is 0 Å². The number of nitrogens with zero attached hydrogens (tertiary/aromatic N) is 4. The van der Waals surface area contributed by atoms with E-state index in [9.17, 15) is 0 Å². The van der Waals surface area contributed by atoms with Gasteiger partial charge in [0.2, 0.25) is 5.13 Å². The average Bonchev–Trinajstić information content (AvgIpc) is 2.82. The molecule has 0 saturated heterocycles. The van der Waals surface area contributed by atoms with Crippen molar-refractivity contribution in [2.75, 3.05) is 5.73 Å². The molecule has 0 aliphatic heterocycles. The van der Waals surface area contributed by atoms with Crippen molar-refractivity contribution in [2.24, 2.45) is 0 Å². The second kappa shape index (κ2) is 4.21. The Morgan fingerprint density at radius 3 is 2.56 bits per heavy atom. The summed E-state index contributed by atoms with van der Waals surface area (Å²) in [7, 11) is 0. The third-order valence-corrected chi connectivity index (χ3v) is 3.25. The third kappa shape index (κ3) is 1.69. The van der Waals surface area contributed by atoms with E-state index in [1.807, 2.05) is 18.5 Å². The van der Waals surface area contributed by atoms with E-state index in [4.69, 9.17) is 5.73 Å². The van der Waals surface area contributed by atoms with Gasteiger partial charge in [0.1, 0.15) is 5.82 Å². The summed E-state index contributed by atoms with van der Waals surface area (Å²) in [5, 5.41) is 5.27. The molecular weight excluding hydrogens is 222 g/mol. The molecule has 0 amide bonds. The molecule has 86 valence electrons. The largest absolute Gasteiger partial charge is 0.396 e. The predicted molar refractivity (Wildman–Crippen MR) is 64.9 cm³/mol. The number of nitrogen functional groups attached to an aromatic ring is 1. The maximum Gasteiger partial charge on any atom is 0.230 e. The molecule has 2 aromatic heterocycles. The standard InChI is InChI=1S/C10H15N5S/c1-4-7-9(11)8(5-2)15(13-7)10-12-6(3)14-16-10/h4-5,11H2,1-3H3. The zero-order valence-corrected chi connectivity index (χ0v) is 10.5. The highest BCUT2D eigenvalue weighted by Crippen LogP contribution is 2.22. The lowest BCUT2D eigenvalue weighted by molar-refractivity contribution is 0.785. The molecule has 2 aromatic rings. The van der Waals surface area contributed by atoms with Crippen LogP contribution in [0.1, 0.15) is 31.1 Å². The van der Waals surface area contributed by atoms with Gasteiger partial charge in [-0.2, -0.15) is 9.47 Å². The van der Waals surface area contributed by atoms with Gasteiger partial charge in [0, 0.05) is 11.5 Å². The third-order valence-electron chi connectivity index (χ3n) is 2.47. The van der Waals surface area contributed by atoms with Gasteiger partial charge in [-0.3, -0.25) is 0 Å². The molecule has 2 N–H and O–H groups in total. The molecule has 0 spiro atoms. The summed E-state index contributed by atoms with van der Waals surface area (Å²) in [6.45, 7) is 5.99. The molecule has 0 aliphatic rings. The van der Waals surface area contributed by atoms with Gasteiger partial charge in [0.25, 0.3) is 0 Å². The number of nitrogens with two attached hydrogens (primary N) is 1. The van der Waals surface area contributed by atoms with Gasteiger partial charge < -0.3 is 5.73 Å². The lowest BCUT2D eigenvalue weighted by atomic mass is 10.2. The maximum atomic E-state index is 6.04. The molecule has 0 aliphatic carbocycles. The molecule has 0 atom stereocenters. The molecule has 6 heteroatoms. The average molecular weight is 237 g/mol. The van der Waals surface area contributed by atoms with Crippen LogP contribution in [0.15, 0.2) is 0 Å². The lowest BCUT2D eigenvalue weighted by Crippen LogP contribution is -2.02. The van der Waals surface area contributed by atoms with E-state index in [1.165, 1.54) is 11.5 Å². The van der Waals surface area contributed by atoms with Gasteiger partial charge >= 0.3 is 0 Å². The monoisotopic (exact) mass is 237 g/mol. The fourth-order valence-corrected chi connectivity index (χ4v) is 2.30. The smallest absolute Gasteiger partial charge is 0.230 e. The highest BCUT2D eigenvalue weighted by molar-refractivity contribution is 7.08. The minimum absolute atomic E-state index is 0.772. The van der Waals surface area contributed by atoms with Gasteiger partial charge in [-0.1, -0.05) is 13.8 Å². The lowest BCUT2D eigenvalue weighted by Gasteiger charge is -2.00. The summed E-state index contributed by atoms with van der Waals surface area (Å²) in [5.41, 5.74) is 8.79. The Bertz CT molecular complexity index is 499. The maximum absolute atomic E-state index is 6.04. The molecule has 5 nitrogen and oxygen atoms in total. The van der Waals surface area contributed by atoms with Crippen LogP contribution >= 0.6 is 11.5 Å². The van der Waals surface area contributed by atoms with Crippen molar-refractivity contribution in [3.63, 3.8) is 0 Å². The Morgan fingerprint density at radius 2 is 2.06 bits per heavy atom. The molecule has 0 saturated carbocycles. The minimum atomic E-state index is 0.772. The Morgan fingerprint density at radius 1 is 1.31 bits per heavy atom. The topological polar surface area (TPSA) is 69.6 Å². The first-order chi connectivity index (χ1) is 7.67. The first kappa shape index (κ1) is 11.1. The van der Waals surface area contributed by atoms with Crippen LogP contribution in [0.4, 0.5) is 5.69 Å². The molecule has 16 heavy (non-hydrogen) atoms. The highest BCUT2D eigenvalue weighted by Gasteiger charge is 2.16. The van der Waals surface area contributed by atoms with Crippen LogP contribution in [0.3, 0.4) is 0 Å². The molecule has 0 unspecified atom stereocenters. The predicted octanol–water partition coefficient (Wildman–Crippen LogP) is 1.74. The number of rotatable bonds is 3. The van der Waals surface area contributed by atoms with E-state index in [1.54, 1.807) is 0 Å². The summed E-state index contributed by atoms with van der Waals surface area (Å²) in [4.78, 5) is 4.33. The number of anilines is 1. The van der Waals surface area contributed by atoms with Crippen LogP contribution in [0.25, 0.3) is 5.13 Å². The zero-order valence-electron chi connectivity index (χ0n) is 9.69. The van der Waals surface area contributed by atoms with Crippen LogP contribution in [-0.4, -0.2) is 19.1 Å². The Kier molecular flexibility index (Phi) is 2.91. The van der Waals surface area contributed by atoms with Gasteiger partial charge in [-0.05, 0) is 19.8 Å². The normalized spacial score (nSPS) is 10.9. The van der Waals surface area contributed by atoms with Gasteiger partial charge in [0.05, 0.1) is 17.1 Å². The molecular formula is C10H15N5S. The molecule has 0 radical (unpaired) electrons. The van der Waals surface area contributed by atoms with E-state index in [0.29, 0.717) is 0 Å². The zero-order chi connectivity index (χ0) is 11.7. The summed E-state index contributed by atoms with van der Waals surface area (Å²) < 4.78 is 5.98. The minimum Gasteiger partial charge on any atom is -0.396 e. The van der Waals surface area contributed by atoms with Crippen molar-refractivity contribution in [2.45, 2.75) is 33.6 Å². The van der Waals surface area contributed by atoms with E-state index >= 15 is 0 Å². The molecule has 0 aromatic carbocycles. The van der Waals surface area contributed by atoms with Crippen molar-refractivity contribution < 1.29 is 0 Å². The summed E-state index contributed by atoms with van der Waals surface area (Å²) in [5.74, 6) is 0.772. The van der Waals surface area contributed by atoms with Crippen LogP contribution in [0.2, 0.25) is 0 Å². The van der Waals surface area contributed by atoms with Crippen molar-refractivity contribution in [3.8, 4) is 5.13 Å².